The maximum absolute atomic E-state index is 5.00. The summed E-state index contributed by atoms with van der Waals surface area (Å²) < 4.78 is 40.0. The first kappa shape index (κ1) is 94.5. The van der Waals surface area contributed by atoms with Crippen molar-refractivity contribution >= 4 is 32.3 Å². The molecule has 0 unspecified atom stereocenters. The minimum atomic E-state index is 0. The van der Waals surface area contributed by atoms with Crippen molar-refractivity contribution in [2.75, 3.05) is 0 Å². The van der Waals surface area contributed by atoms with E-state index in [1.807, 2.05) is 270 Å². The van der Waals surface area contributed by atoms with Gasteiger partial charge in [0.1, 0.15) is 0 Å². The molecule has 0 bridgehead atoms. The summed E-state index contributed by atoms with van der Waals surface area (Å²) >= 11 is 0. The van der Waals surface area contributed by atoms with Gasteiger partial charge in [-0.25, -0.2) is 0 Å². The van der Waals surface area contributed by atoms with E-state index in [4.69, 9.17) is 11.9 Å². The van der Waals surface area contributed by atoms with E-state index in [1.54, 1.807) is 12.4 Å². The Hall–Kier alpha value is -10.7. The molecule has 0 fully saturated rings. The quantitative estimate of drug-likeness (QED) is 0.139. The van der Waals surface area contributed by atoms with Gasteiger partial charge in [-0.1, -0.05) is 175 Å². The Labute approximate surface area is 825 Å². The molecule has 14 heteroatoms. The van der Waals surface area contributed by atoms with Crippen LogP contribution in [0.4, 0.5) is 0 Å². The second kappa shape index (κ2) is 53.4. The number of hydrogen-bond acceptors (Lipinski definition) is 8. The molecular weight excluding hydrogens is 2570 g/mol. The van der Waals surface area contributed by atoms with Crippen LogP contribution < -0.4 is 0 Å². The Morgan fingerprint density at radius 1 is 0.187 bits per heavy atom. The van der Waals surface area contributed by atoms with Gasteiger partial charge in [-0.3, -0.25) is 0 Å². The van der Waals surface area contributed by atoms with Crippen molar-refractivity contribution in [3.63, 3.8) is 0 Å². The van der Waals surface area contributed by atoms with Crippen molar-refractivity contribution in [3.8, 4) is 90.1 Å². The normalized spacial score (nSPS) is 10.0. The van der Waals surface area contributed by atoms with Crippen LogP contribution >= 0.6 is 0 Å². The van der Waals surface area contributed by atoms with E-state index in [2.05, 4.69) is 239 Å². The van der Waals surface area contributed by atoms with Gasteiger partial charge in [0.25, 0.3) is 0 Å². The average molecular weight is 2690 g/mol. The molecule has 0 N–H and O–H groups in total. The Morgan fingerprint density at radius 2 is 0.431 bits per heavy atom. The summed E-state index contributed by atoms with van der Waals surface area (Å²) in [5.74, 6) is 0. The van der Waals surface area contributed by atoms with Gasteiger partial charge in [0.2, 0.25) is 0 Å². The summed E-state index contributed by atoms with van der Waals surface area (Å²) in [5, 5.41) is 7.18. The molecule has 0 atom stereocenters. The summed E-state index contributed by atoms with van der Waals surface area (Å²) in [4.78, 5) is 35.0. The summed E-state index contributed by atoms with van der Waals surface area (Å²) in [6.07, 6.45) is 14.8. The van der Waals surface area contributed by atoms with Crippen LogP contribution in [0, 0.1) is 111 Å². The first-order chi connectivity index (χ1) is 61.2. The van der Waals surface area contributed by atoms with Crippen molar-refractivity contribution in [2.24, 2.45) is 0 Å². The number of benzene rings is 11. The Balaban J connectivity index is -0.00000145. The van der Waals surface area contributed by atoms with E-state index >= 15 is 0 Å². The molecule has 0 saturated heterocycles. The molecule has 0 amide bonds. The van der Waals surface area contributed by atoms with Crippen molar-refractivity contribution in [3.05, 3.63) is 470 Å². The number of nitrogens with zero attached hydrogens (tertiary/aromatic N) is 8. The van der Waals surface area contributed by atoms with E-state index in [1.165, 1.54) is 82.4 Å². The summed E-state index contributed by atoms with van der Waals surface area (Å²) in [7, 11) is 0. The van der Waals surface area contributed by atoms with Crippen LogP contribution in [0.3, 0.4) is 0 Å². The third-order valence-electron chi connectivity index (χ3n) is 18.4. The largest absolute Gasteiger partial charge is 0.305 e. The van der Waals surface area contributed by atoms with Crippen molar-refractivity contribution in [1.29, 1.82) is 0 Å². The summed E-state index contributed by atoms with van der Waals surface area (Å²) in [6.45, 7) is 18.6. The van der Waals surface area contributed by atoms with Crippen LogP contribution in [-0.2, 0) is 121 Å². The molecule has 6 radical (unpaired) electrons. The zero-order valence-electron chi connectivity index (χ0n) is 77.3. The van der Waals surface area contributed by atoms with E-state index < -0.39 is 0 Å². The maximum atomic E-state index is 5.00. The molecule has 123 heavy (non-hydrogen) atoms. The second-order valence-corrected chi connectivity index (χ2v) is 28.0. The fraction of sp³-hybridized carbons (Fsp3) is 0.0826. The van der Waals surface area contributed by atoms with Gasteiger partial charge >= 0.3 is 0 Å². The van der Waals surface area contributed by atoms with Crippen LogP contribution in [0.15, 0.2) is 371 Å². The van der Waals surface area contributed by atoms with Gasteiger partial charge in [-0.2, -0.15) is 0 Å². The van der Waals surface area contributed by atoms with Crippen LogP contribution in [0.5, 0.6) is 0 Å². The molecule has 8 heterocycles. The SMILES string of the molecule is Cc1cc[c-]c(-c2ccccn2)c1.Cc1cc[c-]c(-c2ccccn2)c1.Cc1cc[c-]c(-c2nccc3ccccc23)c1.Cc1cc[c-]c(-c2nccc3ccccc23)c1.Cc1cc[c-]c(-c2nccc3ccccc23)c1.Cc1ccc(-c2[c-]ccc(C)c2)nc1.Cc1ccc(-c2[c-]cccc2)nc1.Cc1ccc(-c2[c-]cccc2)nc1.[2HH].[2HH].[2HH].[2HH].[2H][2H].[2H][2H].[2H][2H].[2H][2H].[Ir].[Ir].[Ir].[Ir].[Ir].[Ir]. The first-order valence-electron chi connectivity index (χ1n) is 42.7. The molecule has 0 aliphatic rings. The van der Waals surface area contributed by atoms with Crippen molar-refractivity contribution in [1.82, 2.24) is 39.9 Å². The number of rotatable bonds is 8. The Bertz CT molecular complexity index is 5910. The molecule has 8 aromatic heterocycles. The van der Waals surface area contributed by atoms with Crippen LogP contribution in [0.25, 0.3) is 122 Å². The minimum Gasteiger partial charge on any atom is -0.305 e. The third-order valence-corrected chi connectivity index (χ3v) is 18.4. The number of hydrogen-bond donors (Lipinski definition) is 0. The molecule has 642 valence electrons. The van der Waals surface area contributed by atoms with Gasteiger partial charge in [0, 0.05) is 188 Å². The average Bonchev–Trinajstić information content (AvgIpc) is 0.810. The van der Waals surface area contributed by atoms with Crippen LogP contribution in [-0.4, -0.2) is 39.9 Å². The second-order valence-electron chi connectivity index (χ2n) is 28.0. The molecule has 0 spiro atoms. The Morgan fingerprint density at radius 3 is 0.683 bits per heavy atom. The van der Waals surface area contributed by atoms with E-state index in [0.29, 0.717) is 0 Å². The molecule has 19 rings (SSSR count). The minimum absolute atomic E-state index is 0. The van der Waals surface area contributed by atoms with Crippen molar-refractivity contribution < 1.29 is 138 Å². The predicted molar refractivity (Wildman–Crippen MR) is 500 cm³/mol. The Kier molecular flexibility index (Phi) is 41.0. The smallest absolute Gasteiger partial charge is 0.0190 e. The van der Waals surface area contributed by atoms with Gasteiger partial charge in [0.05, 0.1) is 0 Å². The van der Waals surface area contributed by atoms with Gasteiger partial charge < -0.3 is 39.9 Å². The predicted octanol–water partition coefficient (Wildman–Crippen LogP) is 28.6. The van der Waals surface area contributed by atoms with Crippen LogP contribution in [0.1, 0.15) is 67.7 Å². The maximum Gasteiger partial charge on any atom is 0.0190 e. The number of pyridine rings is 8. The fourth-order valence-electron chi connectivity index (χ4n) is 12.4. The van der Waals surface area contributed by atoms with Gasteiger partial charge in [0.15, 0.2) is 0 Å². The van der Waals surface area contributed by atoms with E-state index in [0.717, 1.165) is 90.1 Å². The van der Waals surface area contributed by atoms with Gasteiger partial charge in [-0.15, -0.1) is 284 Å². The summed E-state index contributed by atoms with van der Waals surface area (Å²) in [6, 6.07) is 133. The molecule has 8 nitrogen and oxygen atoms in total. The summed E-state index contributed by atoms with van der Waals surface area (Å²) in [5.41, 5.74) is 27.3. The topological polar surface area (TPSA) is 103 Å². The number of fused-ring (bicyclic) bond motifs is 3. The van der Waals surface area contributed by atoms with Crippen LogP contribution in [0.2, 0.25) is 0 Å². The molecule has 0 aliphatic carbocycles. The zero-order valence-corrected chi connectivity index (χ0v) is 83.7. The number of aromatic nitrogens is 8. The number of aryl methyl sites for hydroxylation is 9. The fourth-order valence-corrected chi connectivity index (χ4v) is 12.4. The van der Waals surface area contributed by atoms with Gasteiger partial charge in [-0.05, 0) is 146 Å². The van der Waals surface area contributed by atoms with Crippen molar-refractivity contribution in [2.45, 2.75) is 62.3 Å². The molecule has 0 saturated carbocycles. The zero-order chi connectivity index (χ0) is 89.3. The first-order valence-corrected chi connectivity index (χ1v) is 38.7. The van der Waals surface area contributed by atoms with E-state index in [-0.39, 0.29) is 126 Å². The standard InChI is InChI=1S/3C16H12N.C13H12N.4C12H10N.6Ir.8H2/c3*1-12-5-4-7-14(11-12)16-15-8-3-2-6-13(15)9-10-17-16;1-10-4-3-5-12(8-10)13-7-6-11(2)9-14-13;2*1-10-5-4-6-11(9-10)12-7-2-3-8-13-12;2*1-10-7-8-12(13-9-10)11-5-3-2-4-6-11;;;;;;;;;;;;;;/h3*2-6,8-11H,1H3;3-4,6-9H,1-2H3;4*2-5,7-9H,1H3;;;;;;;8*1H/q8*-1;;;;;;;;;;;;;;/i;;;;;;;;;;;;;;4*1+1D;4*1+1. The molecular formula is C109H104Ir6N8-8. The van der Waals surface area contributed by atoms with E-state index in [9.17, 15) is 0 Å². The molecule has 11 aromatic carbocycles. The molecule has 0 aliphatic heterocycles. The third kappa shape index (κ3) is 31.2. The molecule has 19 aromatic rings. The monoisotopic (exact) mass is 2690 g/mol.